The van der Waals surface area contributed by atoms with Crippen LogP contribution in [0.1, 0.15) is 33.1 Å². The van der Waals surface area contributed by atoms with Gasteiger partial charge in [-0.1, -0.05) is 0 Å². The average Bonchev–Trinajstić information content (AvgIpc) is 3.20. The number of aromatic nitrogens is 3. The molecule has 0 radical (unpaired) electrons. The minimum atomic E-state index is -3.22. The van der Waals surface area contributed by atoms with Gasteiger partial charge < -0.3 is 9.88 Å². The summed E-state index contributed by atoms with van der Waals surface area (Å²) in [4.78, 5) is 14.2. The van der Waals surface area contributed by atoms with Crippen LogP contribution < -0.4 is 4.90 Å². The van der Waals surface area contributed by atoms with Crippen molar-refractivity contribution in [1.29, 1.82) is 0 Å². The molecule has 130 valence electrons. The SMILES string of the molecule is CC(C)S(=O)(=O)N1CCC[C@@H]2[C@H]1CCN2c1ncnc2[nH]ccc12. The van der Waals surface area contributed by atoms with E-state index in [1.807, 2.05) is 12.3 Å². The molecular weight excluding hydrogens is 326 g/mol. The maximum atomic E-state index is 12.7. The fourth-order valence-electron chi connectivity index (χ4n) is 4.08. The summed E-state index contributed by atoms with van der Waals surface area (Å²) in [5.74, 6) is 0.914. The van der Waals surface area contributed by atoms with Crippen molar-refractivity contribution in [1.82, 2.24) is 19.3 Å². The van der Waals surface area contributed by atoms with E-state index in [1.54, 1.807) is 24.5 Å². The van der Waals surface area contributed by atoms with E-state index in [2.05, 4.69) is 19.9 Å². The molecule has 0 amide bonds. The second-order valence-electron chi connectivity index (χ2n) is 6.90. The van der Waals surface area contributed by atoms with Crippen molar-refractivity contribution in [2.75, 3.05) is 18.0 Å². The monoisotopic (exact) mass is 349 g/mol. The number of nitrogens with zero attached hydrogens (tertiary/aromatic N) is 4. The smallest absolute Gasteiger partial charge is 0.216 e. The number of fused-ring (bicyclic) bond motifs is 2. The van der Waals surface area contributed by atoms with Crippen molar-refractivity contribution in [3.63, 3.8) is 0 Å². The van der Waals surface area contributed by atoms with Gasteiger partial charge in [0.1, 0.15) is 17.8 Å². The lowest BCUT2D eigenvalue weighted by Crippen LogP contribution is -2.53. The maximum absolute atomic E-state index is 12.7. The van der Waals surface area contributed by atoms with E-state index < -0.39 is 10.0 Å². The third kappa shape index (κ3) is 2.31. The van der Waals surface area contributed by atoms with E-state index >= 15 is 0 Å². The Morgan fingerprint density at radius 1 is 1.21 bits per heavy atom. The number of hydrogen-bond acceptors (Lipinski definition) is 5. The highest BCUT2D eigenvalue weighted by atomic mass is 32.2. The Bertz CT molecular complexity index is 847. The Kier molecular flexibility index (Phi) is 3.76. The lowest BCUT2D eigenvalue weighted by Gasteiger charge is -2.40. The average molecular weight is 349 g/mol. The molecule has 0 spiro atoms. The molecule has 1 N–H and O–H groups in total. The molecule has 0 aliphatic carbocycles. The van der Waals surface area contributed by atoms with E-state index in [1.165, 1.54) is 0 Å². The van der Waals surface area contributed by atoms with Gasteiger partial charge in [-0.2, -0.15) is 4.31 Å². The van der Waals surface area contributed by atoms with Gasteiger partial charge in [-0.15, -0.1) is 0 Å². The summed E-state index contributed by atoms with van der Waals surface area (Å²) in [6, 6.07) is 2.24. The third-order valence-corrected chi connectivity index (χ3v) is 7.58. The summed E-state index contributed by atoms with van der Waals surface area (Å²) in [5.41, 5.74) is 0.825. The van der Waals surface area contributed by atoms with Crippen LogP contribution in [0.5, 0.6) is 0 Å². The largest absolute Gasteiger partial charge is 0.351 e. The van der Waals surface area contributed by atoms with Crippen LogP contribution in [0.2, 0.25) is 0 Å². The Balaban J connectivity index is 1.69. The lowest BCUT2D eigenvalue weighted by atomic mass is 9.99. The molecule has 7 nitrogen and oxygen atoms in total. The summed E-state index contributed by atoms with van der Waals surface area (Å²) in [7, 11) is -3.22. The van der Waals surface area contributed by atoms with Crippen molar-refractivity contribution < 1.29 is 8.42 Å². The van der Waals surface area contributed by atoms with Gasteiger partial charge in [0.25, 0.3) is 0 Å². The van der Waals surface area contributed by atoms with Crippen LogP contribution >= 0.6 is 0 Å². The number of sulfonamides is 1. The summed E-state index contributed by atoms with van der Waals surface area (Å²) < 4.78 is 27.2. The number of hydrogen-bond donors (Lipinski definition) is 1. The standard InChI is InChI=1S/C16H23N5O2S/c1-11(2)24(22,23)21-8-3-4-13-14(21)6-9-20(13)16-12-5-7-17-15(12)18-10-19-16/h5,7,10-11,13-14H,3-4,6,8-9H2,1-2H3,(H,17,18,19)/t13-,14-/m1/s1. The van der Waals surface area contributed by atoms with Gasteiger partial charge in [0.2, 0.25) is 10.0 Å². The zero-order valence-corrected chi connectivity index (χ0v) is 14.8. The highest BCUT2D eigenvalue weighted by Crippen LogP contribution is 2.37. The van der Waals surface area contributed by atoms with Crippen molar-refractivity contribution in [3.05, 3.63) is 18.6 Å². The fourth-order valence-corrected chi connectivity index (χ4v) is 5.63. The predicted molar refractivity (Wildman–Crippen MR) is 93.4 cm³/mol. The molecule has 2 fully saturated rings. The van der Waals surface area contributed by atoms with Crippen LogP contribution in [-0.2, 0) is 10.0 Å². The minimum Gasteiger partial charge on any atom is -0.351 e. The van der Waals surface area contributed by atoms with Crippen LogP contribution in [0.3, 0.4) is 0 Å². The quantitative estimate of drug-likeness (QED) is 0.913. The number of nitrogens with one attached hydrogen (secondary N) is 1. The molecule has 0 unspecified atom stereocenters. The van der Waals surface area contributed by atoms with E-state index in [4.69, 9.17) is 0 Å². The zero-order valence-electron chi connectivity index (χ0n) is 14.0. The molecule has 2 atom stereocenters. The third-order valence-electron chi connectivity index (χ3n) is 5.29. The molecule has 4 rings (SSSR count). The van der Waals surface area contributed by atoms with Gasteiger partial charge in [0.05, 0.1) is 10.6 Å². The fraction of sp³-hybridized carbons (Fsp3) is 0.625. The van der Waals surface area contributed by atoms with E-state index in [-0.39, 0.29) is 17.3 Å². The van der Waals surface area contributed by atoms with Gasteiger partial charge >= 0.3 is 0 Å². The summed E-state index contributed by atoms with van der Waals surface area (Å²) in [5, 5.41) is 0.628. The molecule has 0 aromatic carbocycles. The maximum Gasteiger partial charge on any atom is 0.216 e. The van der Waals surface area contributed by atoms with Gasteiger partial charge in [-0.3, -0.25) is 0 Å². The zero-order chi connectivity index (χ0) is 16.9. The highest BCUT2D eigenvalue weighted by molar-refractivity contribution is 7.89. The number of H-pyrrole nitrogens is 1. The molecule has 0 saturated carbocycles. The second kappa shape index (κ2) is 5.70. The topological polar surface area (TPSA) is 82.2 Å². The van der Waals surface area contributed by atoms with Crippen molar-refractivity contribution in [2.45, 2.75) is 50.4 Å². The Morgan fingerprint density at radius 2 is 2.04 bits per heavy atom. The number of piperidine rings is 1. The molecule has 2 aliphatic rings. The summed E-state index contributed by atoms with van der Waals surface area (Å²) in [6.07, 6.45) is 6.20. The Labute approximate surface area is 142 Å². The van der Waals surface area contributed by atoms with Gasteiger partial charge in [-0.05, 0) is 39.2 Å². The lowest BCUT2D eigenvalue weighted by molar-refractivity contribution is 0.242. The van der Waals surface area contributed by atoms with Crippen molar-refractivity contribution >= 4 is 26.9 Å². The first-order valence-corrected chi connectivity index (χ1v) is 10.1. The molecular formula is C16H23N5O2S. The van der Waals surface area contributed by atoms with Gasteiger partial charge in [0, 0.05) is 31.4 Å². The van der Waals surface area contributed by atoms with Crippen LogP contribution in [0.15, 0.2) is 18.6 Å². The Morgan fingerprint density at radius 3 is 2.83 bits per heavy atom. The van der Waals surface area contributed by atoms with Crippen LogP contribution in [-0.4, -0.2) is 58.1 Å². The molecule has 2 aliphatic heterocycles. The molecule has 4 heterocycles. The Hall–Kier alpha value is -1.67. The van der Waals surface area contributed by atoms with Crippen molar-refractivity contribution in [2.24, 2.45) is 0 Å². The number of anilines is 1. The minimum absolute atomic E-state index is 0.0510. The van der Waals surface area contributed by atoms with Gasteiger partial charge in [-0.25, -0.2) is 18.4 Å². The van der Waals surface area contributed by atoms with Gasteiger partial charge in [0.15, 0.2) is 0 Å². The molecule has 0 bridgehead atoms. The summed E-state index contributed by atoms with van der Waals surface area (Å²) >= 11 is 0. The number of aromatic amines is 1. The first kappa shape index (κ1) is 15.8. The molecule has 2 aromatic heterocycles. The predicted octanol–water partition coefficient (Wildman–Crippen LogP) is 1.74. The van der Waals surface area contributed by atoms with Crippen LogP contribution in [0.25, 0.3) is 11.0 Å². The highest BCUT2D eigenvalue weighted by Gasteiger charge is 2.45. The molecule has 2 saturated heterocycles. The first-order chi connectivity index (χ1) is 11.5. The second-order valence-corrected chi connectivity index (χ2v) is 9.34. The van der Waals surface area contributed by atoms with E-state index in [0.29, 0.717) is 6.54 Å². The van der Waals surface area contributed by atoms with E-state index in [0.717, 1.165) is 42.7 Å². The molecule has 24 heavy (non-hydrogen) atoms. The number of rotatable bonds is 3. The molecule has 2 aromatic rings. The summed E-state index contributed by atoms with van der Waals surface area (Å²) in [6.45, 7) is 4.99. The van der Waals surface area contributed by atoms with Crippen molar-refractivity contribution in [3.8, 4) is 0 Å². The normalized spacial score (nSPS) is 25.5. The van der Waals surface area contributed by atoms with Crippen LogP contribution in [0.4, 0.5) is 5.82 Å². The van der Waals surface area contributed by atoms with Crippen LogP contribution in [0, 0.1) is 0 Å². The van der Waals surface area contributed by atoms with E-state index in [9.17, 15) is 8.42 Å². The first-order valence-electron chi connectivity index (χ1n) is 8.55. The molecule has 8 heteroatoms.